The number of nitrogens with zero attached hydrogens (tertiary/aromatic N) is 2. The van der Waals surface area contributed by atoms with Gasteiger partial charge >= 0.3 is 0 Å². The van der Waals surface area contributed by atoms with Crippen LogP contribution in [0.25, 0.3) is 0 Å². The molecule has 0 saturated heterocycles. The van der Waals surface area contributed by atoms with Crippen LogP contribution in [0.1, 0.15) is 17.4 Å². The van der Waals surface area contributed by atoms with E-state index in [0.29, 0.717) is 28.8 Å². The number of nitrogens with two attached hydrogens (primary N) is 1. The number of amides is 1. The van der Waals surface area contributed by atoms with Gasteiger partial charge in [0.15, 0.2) is 5.69 Å². The van der Waals surface area contributed by atoms with Crippen molar-refractivity contribution < 1.29 is 9.53 Å². The molecule has 2 aromatic rings. The number of aromatic nitrogens is 2. The van der Waals surface area contributed by atoms with Crippen LogP contribution in [-0.2, 0) is 7.05 Å². The summed E-state index contributed by atoms with van der Waals surface area (Å²) in [4.78, 5) is 12.2. The zero-order chi connectivity index (χ0) is 14.7. The highest BCUT2D eigenvalue weighted by Crippen LogP contribution is 2.28. The van der Waals surface area contributed by atoms with Crippen molar-refractivity contribution in [3.05, 3.63) is 35.1 Å². The Labute approximate surface area is 121 Å². The van der Waals surface area contributed by atoms with E-state index < -0.39 is 5.91 Å². The molecule has 106 valence electrons. The Bertz CT molecular complexity index is 639. The van der Waals surface area contributed by atoms with Crippen LogP contribution < -0.4 is 15.8 Å². The molecule has 1 heterocycles. The first-order valence-electron chi connectivity index (χ1n) is 6.04. The Morgan fingerprint density at radius 3 is 2.90 bits per heavy atom. The number of anilines is 2. The van der Waals surface area contributed by atoms with Crippen molar-refractivity contribution in [3.63, 3.8) is 0 Å². The first kappa shape index (κ1) is 14.2. The van der Waals surface area contributed by atoms with Gasteiger partial charge in [-0.3, -0.25) is 9.48 Å². The van der Waals surface area contributed by atoms with E-state index in [1.807, 2.05) is 6.92 Å². The van der Waals surface area contributed by atoms with Gasteiger partial charge < -0.3 is 15.8 Å². The third-order valence-corrected chi connectivity index (χ3v) is 2.80. The fraction of sp³-hybridized carbons (Fsp3) is 0.231. The SMILES string of the molecule is CCOc1ccc(Cl)cc1NC(=O)c1nn(C)cc1N. The maximum Gasteiger partial charge on any atom is 0.278 e. The minimum atomic E-state index is -0.411. The van der Waals surface area contributed by atoms with Crippen LogP contribution in [0.4, 0.5) is 11.4 Å². The smallest absolute Gasteiger partial charge is 0.278 e. The summed E-state index contributed by atoms with van der Waals surface area (Å²) in [6.45, 7) is 2.34. The van der Waals surface area contributed by atoms with E-state index in [-0.39, 0.29) is 5.69 Å². The molecule has 0 fully saturated rings. The molecule has 0 aliphatic rings. The van der Waals surface area contributed by atoms with E-state index in [4.69, 9.17) is 22.1 Å². The molecule has 0 unspecified atom stereocenters. The van der Waals surface area contributed by atoms with Crippen LogP contribution in [0, 0.1) is 0 Å². The summed E-state index contributed by atoms with van der Waals surface area (Å²) in [5.41, 5.74) is 6.67. The summed E-state index contributed by atoms with van der Waals surface area (Å²) in [6.07, 6.45) is 1.57. The topological polar surface area (TPSA) is 82.2 Å². The van der Waals surface area contributed by atoms with Crippen LogP contribution in [0.5, 0.6) is 5.75 Å². The molecule has 1 aromatic carbocycles. The molecule has 0 spiro atoms. The van der Waals surface area contributed by atoms with Gasteiger partial charge in [-0.2, -0.15) is 5.10 Å². The van der Waals surface area contributed by atoms with E-state index >= 15 is 0 Å². The minimum Gasteiger partial charge on any atom is -0.492 e. The van der Waals surface area contributed by atoms with Crippen molar-refractivity contribution in [2.24, 2.45) is 7.05 Å². The van der Waals surface area contributed by atoms with E-state index in [9.17, 15) is 4.79 Å². The molecule has 0 saturated carbocycles. The summed E-state index contributed by atoms with van der Waals surface area (Å²) in [6, 6.07) is 5.00. The second-order valence-corrected chi connectivity index (χ2v) is 4.57. The maximum atomic E-state index is 12.2. The van der Waals surface area contributed by atoms with Crippen molar-refractivity contribution in [1.29, 1.82) is 0 Å². The molecule has 6 nitrogen and oxygen atoms in total. The predicted molar refractivity (Wildman–Crippen MR) is 78.2 cm³/mol. The minimum absolute atomic E-state index is 0.162. The van der Waals surface area contributed by atoms with Gasteiger partial charge in [0.2, 0.25) is 0 Å². The molecule has 20 heavy (non-hydrogen) atoms. The summed E-state index contributed by atoms with van der Waals surface area (Å²) in [5, 5.41) is 7.21. The third kappa shape index (κ3) is 3.03. The Balaban J connectivity index is 2.27. The largest absolute Gasteiger partial charge is 0.492 e. The number of aryl methyl sites for hydroxylation is 1. The first-order chi connectivity index (χ1) is 9.51. The molecule has 3 N–H and O–H groups in total. The number of carbonyl (C=O) groups excluding carboxylic acids is 1. The summed E-state index contributed by atoms with van der Waals surface area (Å²) >= 11 is 5.93. The molecule has 0 atom stereocenters. The fourth-order valence-corrected chi connectivity index (χ4v) is 1.92. The molecule has 0 aliphatic heterocycles. The van der Waals surface area contributed by atoms with Crippen molar-refractivity contribution in [3.8, 4) is 5.75 Å². The van der Waals surface area contributed by atoms with Crippen molar-refractivity contribution in [1.82, 2.24) is 9.78 Å². The van der Waals surface area contributed by atoms with Crippen LogP contribution in [0.3, 0.4) is 0 Å². The van der Waals surface area contributed by atoms with Gasteiger partial charge in [-0.25, -0.2) is 0 Å². The van der Waals surface area contributed by atoms with Gasteiger partial charge in [0.25, 0.3) is 5.91 Å². The molecule has 1 aromatic heterocycles. The van der Waals surface area contributed by atoms with Crippen LogP contribution in [0.2, 0.25) is 5.02 Å². The van der Waals surface area contributed by atoms with E-state index in [0.717, 1.165) is 0 Å². The predicted octanol–water partition coefficient (Wildman–Crippen LogP) is 2.31. The van der Waals surface area contributed by atoms with Gasteiger partial charge in [0.05, 0.1) is 18.0 Å². The highest BCUT2D eigenvalue weighted by Gasteiger charge is 2.16. The van der Waals surface area contributed by atoms with E-state index in [2.05, 4.69) is 10.4 Å². The highest BCUT2D eigenvalue weighted by molar-refractivity contribution is 6.31. The van der Waals surface area contributed by atoms with E-state index in [1.165, 1.54) is 4.68 Å². The molecule has 0 aliphatic carbocycles. The second kappa shape index (κ2) is 5.83. The number of hydrogen-bond acceptors (Lipinski definition) is 4. The molecule has 0 bridgehead atoms. The summed E-state index contributed by atoms with van der Waals surface area (Å²) in [5.74, 6) is 0.131. The third-order valence-electron chi connectivity index (χ3n) is 2.56. The number of halogens is 1. The summed E-state index contributed by atoms with van der Waals surface area (Å²) < 4.78 is 6.91. The molecule has 1 amide bonds. The van der Waals surface area contributed by atoms with Gasteiger partial charge in [0.1, 0.15) is 5.75 Å². The number of benzene rings is 1. The number of ether oxygens (including phenoxy) is 1. The Hall–Kier alpha value is -2.21. The van der Waals surface area contributed by atoms with Gasteiger partial charge in [0, 0.05) is 18.3 Å². The number of nitrogens with one attached hydrogen (secondary N) is 1. The molecule has 2 rings (SSSR count). The quantitative estimate of drug-likeness (QED) is 0.906. The van der Waals surface area contributed by atoms with Gasteiger partial charge in [-0.1, -0.05) is 11.6 Å². The zero-order valence-corrected chi connectivity index (χ0v) is 11.9. The standard InChI is InChI=1S/C13H15ClN4O2/c1-3-20-11-5-4-8(14)6-10(11)16-13(19)12-9(15)7-18(2)17-12/h4-7H,3,15H2,1-2H3,(H,16,19). The lowest BCUT2D eigenvalue weighted by Crippen LogP contribution is -2.15. The molecular weight excluding hydrogens is 280 g/mol. The van der Waals surface area contributed by atoms with Gasteiger partial charge in [-0.15, -0.1) is 0 Å². The maximum absolute atomic E-state index is 12.2. The zero-order valence-electron chi connectivity index (χ0n) is 11.2. The number of hydrogen-bond donors (Lipinski definition) is 2. The number of nitrogen functional groups attached to an aromatic ring is 1. The number of carbonyl (C=O) groups is 1. The average molecular weight is 295 g/mol. The first-order valence-corrected chi connectivity index (χ1v) is 6.42. The fourth-order valence-electron chi connectivity index (χ4n) is 1.75. The lowest BCUT2D eigenvalue weighted by Gasteiger charge is -2.11. The number of rotatable bonds is 4. The molecule has 7 heteroatoms. The molecular formula is C13H15ClN4O2. The summed E-state index contributed by atoms with van der Waals surface area (Å²) in [7, 11) is 1.69. The Morgan fingerprint density at radius 2 is 2.30 bits per heavy atom. The van der Waals surface area contributed by atoms with Crippen LogP contribution >= 0.6 is 11.6 Å². The Kier molecular flexibility index (Phi) is 4.14. The highest BCUT2D eigenvalue weighted by atomic mass is 35.5. The second-order valence-electron chi connectivity index (χ2n) is 4.13. The molecule has 0 radical (unpaired) electrons. The van der Waals surface area contributed by atoms with Crippen LogP contribution in [-0.4, -0.2) is 22.3 Å². The van der Waals surface area contributed by atoms with Crippen molar-refractivity contribution in [2.45, 2.75) is 6.92 Å². The van der Waals surface area contributed by atoms with Crippen molar-refractivity contribution >= 4 is 28.9 Å². The van der Waals surface area contributed by atoms with Crippen molar-refractivity contribution in [2.75, 3.05) is 17.7 Å². The van der Waals surface area contributed by atoms with E-state index in [1.54, 1.807) is 31.4 Å². The normalized spacial score (nSPS) is 10.3. The monoisotopic (exact) mass is 294 g/mol. The van der Waals surface area contributed by atoms with Crippen LogP contribution in [0.15, 0.2) is 24.4 Å². The Morgan fingerprint density at radius 1 is 1.55 bits per heavy atom. The lowest BCUT2D eigenvalue weighted by molar-refractivity contribution is 0.102. The average Bonchev–Trinajstić information content (AvgIpc) is 2.72. The van der Waals surface area contributed by atoms with Gasteiger partial charge in [-0.05, 0) is 25.1 Å². The lowest BCUT2D eigenvalue weighted by atomic mass is 10.2.